The van der Waals surface area contributed by atoms with Crippen LogP contribution in [0.5, 0.6) is 11.5 Å². The number of benzene rings is 1. The molecule has 0 amide bonds. The molecule has 0 bridgehead atoms. The maximum Gasteiger partial charge on any atom is 0.350 e. The number of esters is 2. The van der Waals surface area contributed by atoms with Crippen molar-refractivity contribution in [3.63, 3.8) is 0 Å². The number of nitrogens with zero attached hydrogens (tertiary/aromatic N) is 1. The summed E-state index contributed by atoms with van der Waals surface area (Å²) in [6.45, 7) is 4.87. The van der Waals surface area contributed by atoms with Crippen molar-refractivity contribution in [2.24, 2.45) is 0 Å². The van der Waals surface area contributed by atoms with Gasteiger partial charge in [0.1, 0.15) is 11.5 Å². The Balaban J connectivity index is 1.72. The molecule has 134 valence electrons. The fraction of sp³-hybridized carbons (Fsp3) is 0.211. The molecule has 26 heavy (non-hydrogen) atoms. The van der Waals surface area contributed by atoms with Crippen molar-refractivity contribution >= 4 is 17.6 Å². The van der Waals surface area contributed by atoms with Crippen LogP contribution in [0.4, 0.5) is 5.69 Å². The highest BCUT2D eigenvalue weighted by molar-refractivity contribution is 6.15. The van der Waals surface area contributed by atoms with Crippen molar-refractivity contribution in [3.8, 4) is 11.5 Å². The standard InChI is InChI=1S/C19H18N2O5/c1-12-9-13(24-14-5-4-8-20-10-14)6-7-16(12)21-11-15-17(22)25-19(2,3)26-18(15)23/h4-11,21H,1-3H3. The SMILES string of the molecule is Cc1cc(Oc2cccnc2)ccc1NC=C1C(=O)OC(C)(C)OC1=O. The molecule has 3 rings (SSSR count). The van der Waals surface area contributed by atoms with Gasteiger partial charge in [0.05, 0.1) is 6.20 Å². The predicted octanol–water partition coefficient (Wildman–Crippen LogP) is 3.31. The first-order chi connectivity index (χ1) is 12.3. The zero-order valence-electron chi connectivity index (χ0n) is 14.6. The van der Waals surface area contributed by atoms with Crippen LogP contribution in [0.2, 0.25) is 0 Å². The molecule has 1 fully saturated rings. The van der Waals surface area contributed by atoms with E-state index < -0.39 is 17.7 Å². The maximum atomic E-state index is 11.9. The van der Waals surface area contributed by atoms with Gasteiger partial charge in [0.2, 0.25) is 0 Å². The Labute approximate surface area is 150 Å². The predicted molar refractivity (Wildman–Crippen MR) is 93.5 cm³/mol. The molecule has 1 aliphatic rings. The largest absolute Gasteiger partial charge is 0.456 e. The molecule has 0 atom stereocenters. The summed E-state index contributed by atoms with van der Waals surface area (Å²) >= 11 is 0. The van der Waals surface area contributed by atoms with E-state index in [1.807, 2.05) is 13.0 Å². The zero-order chi connectivity index (χ0) is 18.7. The summed E-state index contributed by atoms with van der Waals surface area (Å²) < 4.78 is 15.8. The summed E-state index contributed by atoms with van der Waals surface area (Å²) in [5.41, 5.74) is 1.38. The van der Waals surface area contributed by atoms with Gasteiger partial charge in [-0.25, -0.2) is 9.59 Å². The van der Waals surface area contributed by atoms with E-state index in [4.69, 9.17) is 14.2 Å². The third-order valence-corrected chi connectivity index (χ3v) is 3.56. The van der Waals surface area contributed by atoms with Crippen LogP contribution in [0.1, 0.15) is 19.4 Å². The first-order valence-electron chi connectivity index (χ1n) is 7.96. The average Bonchev–Trinajstić information content (AvgIpc) is 2.55. The highest BCUT2D eigenvalue weighted by Crippen LogP contribution is 2.27. The number of ether oxygens (including phenoxy) is 3. The summed E-state index contributed by atoms with van der Waals surface area (Å²) in [6, 6.07) is 8.96. The van der Waals surface area contributed by atoms with Crippen LogP contribution >= 0.6 is 0 Å². The molecular formula is C19H18N2O5. The Hall–Kier alpha value is -3.35. The molecule has 0 radical (unpaired) electrons. The van der Waals surface area contributed by atoms with E-state index in [1.54, 1.807) is 36.7 Å². The Morgan fingerprint density at radius 3 is 2.46 bits per heavy atom. The van der Waals surface area contributed by atoms with Crippen molar-refractivity contribution in [2.45, 2.75) is 26.6 Å². The van der Waals surface area contributed by atoms with Crippen LogP contribution in [0.3, 0.4) is 0 Å². The number of carbonyl (C=O) groups excluding carboxylic acids is 2. The number of hydrogen-bond acceptors (Lipinski definition) is 7. The quantitative estimate of drug-likeness (QED) is 0.512. The van der Waals surface area contributed by atoms with Crippen molar-refractivity contribution in [1.29, 1.82) is 0 Å². The van der Waals surface area contributed by atoms with Gasteiger partial charge in [-0.1, -0.05) is 0 Å². The van der Waals surface area contributed by atoms with Gasteiger partial charge in [-0.3, -0.25) is 4.98 Å². The molecule has 0 aliphatic carbocycles. The molecule has 7 heteroatoms. The molecule has 0 unspecified atom stereocenters. The molecule has 2 heterocycles. The molecule has 0 saturated carbocycles. The van der Waals surface area contributed by atoms with Gasteiger partial charge in [0, 0.05) is 31.9 Å². The van der Waals surface area contributed by atoms with Crippen LogP contribution in [-0.4, -0.2) is 22.7 Å². The van der Waals surface area contributed by atoms with E-state index in [-0.39, 0.29) is 5.57 Å². The Morgan fingerprint density at radius 1 is 1.12 bits per heavy atom. The lowest BCUT2D eigenvalue weighted by molar-refractivity contribution is -0.222. The molecule has 1 saturated heterocycles. The Kier molecular flexibility index (Phi) is 4.62. The minimum absolute atomic E-state index is 0.195. The lowest BCUT2D eigenvalue weighted by Crippen LogP contribution is -2.42. The van der Waals surface area contributed by atoms with Crippen molar-refractivity contribution in [1.82, 2.24) is 4.98 Å². The topological polar surface area (TPSA) is 86.8 Å². The lowest BCUT2D eigenvalue weighted by atomic mass is 10.2. The van der Waals surface area contributed by atoms with Gasteiger partial charge in [0.25, 0.3) is 5.79 Å². The van der Waals surface area contributed by atoms with Gasteiger partial charge >= 0.3 is 11.9 Å². The van der Waals surface area contributed by atoms with Crippen molar-refractivity contribution < 1.29 is 23.8 Å². The fourth-order valence-corrected chi connectivity index (χ4v) is 2.33. The van der Waals surface area contributed by atoms with Crippen LogP contribution in [0, 0.1) is 6.92 Å². The summed E-state index contributed by atoms with van der Waals surface area (Å²) in [7, 11) is 0. The smallest absolute Gasteiger partial charge is 0.350 e. The van der Waals surface area contributed by atoms with Gasteiger partial charge in [-0.15, -0.1) is 0 Å². The number of rotatable bonds is 4. The molecule has 1 aromatic heterocycles. The summed E-state index contributed by atoms with van der Waals surface area (Å²) in [5.74, 6) is -1.44. The monoisotopic (exact) mass is 354 g/mol. The normalized spacial score (nSPS) is 15.7. The second kappa shape index (κ2) is 6.87. The number of pyridine rings is 1. The molecule has 0 spiro atoms. The molecular weight excluding hydrogens is 336 g/mol. The maximum absolute atomic E-state index is 11.9. The molecule has 2 aromatic rings. The van der Waals surface area contributed by atoms with Crippen molar-refractivity contribution in [2.75, 3.05) is 5.32 Å². The average molecular weight is 354 g/mol. The van der Waals surface area contributed by atoms with Gasteiger partial charge in [-0.2, -0.15) is 0 Å². The fourth-order valence-electron chi connectivity index (χ4n) is 2.33. The lowest BCUT2D eigenvalue weighted by Gasteiger charge is -2.29. The molecule has 1 N–H and O–H groups in total. The Bertz CT molecular complexity index is 853. The minimum Gasteiger partial charge on any atom is -0.456 e. The third-order valence-electron chi connectivity index (χ3n) is 3.56. The first-order valence-corrected chi connectivity index (χ1v) is 7.96. The van der Waals surface area contributed by atoms with E-state index in [2.05, 4.69) is 10.3 Å². The summed E-state index contributed by atoms with van der Waals surface area (Å²) in [4.78, 5) is 27.8. The number of cyclic esters (lactones) is 2. The first kappa shape index (κ1) is 17.5. The van der Waals surface area contributed by atoms with Gasteiger partial charge in [-0.05, 0) is 42.8 Å². The second-order valence-corrected chi connectivity index (χ2v) is 6.15. The second-order valence-electron chi connectivity index (χ2n) is 6.15. The van der Waals surface area contributed by atoms with Gasteiger partial charge in [0.15, 0.2) is 5.57 Å². The van der Waals surface area contributed by atoms with E-state index >= 15 is 0 Å². The van der Waals surface area contributed by atoms with E-state index in [0.717, 1.165) is 5.56 Å². The van der Waals surface area contributed by atoms with E-state index in [9.17, 15) is 9.59 Å². The van der Waals surface area contributed by atoms with E-state index in [0.29, 0.717) is 17.2 Å². The van der Waals surface area contributed by atoms with Crippen molar-refractivity contribution in [3.05, 3.63) is 60.1 Å². The van der Waals surface area contributed by atoms with Crippen LogP contribution < -0.4 is 10.1 Å². The zero-order valence-corrected chi connectivity index (χ0v) is 14.6. The number of aryl methyl sites for hydroxylation is 1. The van der Waals surface area contributed by atoms with Crippen LogP contribution in [0.15, 0.2) is 54.5 Å². The Morgan fingerprint density at radius 2 is 1.85 bits per heavy atom. The molecule has 1 aromatic carbocycles. The highest BCUT2D eigenvalue weighted by Gasteiger charge is 2.38. The van der Waals surface area contributed by atoms with Crippen LogP contribution in [0.25, 0.3) is 0 Å². The molecule has 7 nitrogen and oxygen atoms in total. The van der Waals surface area contributed by atoms with Crippen LogP contribution in [-0.2, 0) is 19.1 Å². The van der Waals surface area contributed by atoms with Gasteiger partial charge < -0.3 is 19.5 Å². The number of anilines is 1. The minimum atomic E-state index is -1.26. The number of aromatic nitrogens is 1. The van der Waals surface area contributed by atoms with E-state index in [1.165, 1.54) is 20.0 Å². The summed E-state index contributed by atoms with van der Waals surface area (Å²) in [5, 5.41) is 2.93. The molecule has 1 aliphatic heterocycles. The highest BCUT2D eigenvalue weighted by atomic mass is 16.7. The summed E-state index contributed by atoms with van der Waals surface area (Å²) in [6.07, 6.45) is 4.57. The number of nitrogens with one attached hydrogen (secondary N) is 1. The third kappa shape index (κ3) is 4.00. The number of carbonyl (C=O) groups is 2. The number of hydrogen-bond donors (Lipinski definition) is 1.